The molecule has 0 saturated heterocycles. The second-order valence-electron chi connectivity index (χ2n) is 9.78. The monoisotopic (exact) mass is 537 g/mol. The van der Waals surface area contributed by atoms with Gasteiger partial charge in [-0.05, 0) is 65.4 Å². The van der Waals surface area contributed by atoms with Crippen molar-refractivity contribution in [2.24, 2.45) is 5.92 Å². The van der Waals surface area contributed by atoms with E-state index in [1.165, 1.54) is 19.2 Å². The lowest BCUT2D eigenvalue weighted by molar-refractivity contribution is -0.140. The van der Waals surface area contributed by atoms with Crippen LogP contribution >= 0.6 is 0 Å². The minimum Gasteiger partial charge on any atom is -0.469 e. The number of esters is 1. The Labute approximate surface area is 224 Å². The number of halogens is 3. The minimum atomic E-state index is -4.37. The molecule has 2 heterocycles. The molecule has 1 amide bonds. The molecule has 0 bridgehead atoms. The van der Waals surface area contributed by atoms with Crippen LogP contribution in [0.3, 0.4) is 0 Å². The summed E-state index contributed by atoms with van der Waals surface area (Å²) in [5.74, 6) is -0.395. The predicted molar refractivity (Wildman–Crippen MR) is 143 cm³/mol. The van der Waals surface area contributed by atoms with Crippen molar-refractivity contribution in [1.82, 2.24) is 14.9 Å². The normalized spacial score (nSPS) is 12.5. The van der Waals surface area contributed by atoms with Gasteiger partial charge in [0, 0.05) is 29.8 Å². The maximum Gasteiger partial charge on any atom is 0.416 e. The van der Waals surface area contributed by atoms with Crippen molar-refractivity contribution in [3.8, 4) is 11.1 Å². The van der Waals surface area contributed by atoms with E-state index < -0.39 is 17.7 Å². The topological polar surface area (TPSA) is 73.2 Å². The summed E-state index contributed by atoms with van der Waals surface area (Å²) in [7, 11) is 1.30. The van der Waals surface area contributed by atoms with Gasteiger partial charge < -0.3 is 14.6 Å². The summed E-state index contributed by atoms with van der Waals surface area (Å²) in [4.78, 5) is 28.0. The number of hydrogen-bond donors (Lipinski definition) is 1. The van der Waals surface area contributed by atoms with E-state index in [0.717, 1.165) is 40.6 Å². The molecule has 0 fully saturated rings. The maximum atomic E-state index is 12.9. The van der Waals surface area contributed by atoms with E-state index in [4.69, 9.17) is 0 Å². The Hall–Kier alpha value is -4.14. The zero-order chi connectivity index (χ0) is 28.2. The molecule has 0 aliphatic rings. The Morgan fingerprint density at radius 2 is 1.72 bits per heavy atom. The molecule has 2 aromatic carbocycles. The van der Waals surface area contributed by atoms with Crippen LogP contribution in [-0.4, -0.2) is 35.1 Å². The highest BCUT2D eigenvalue weighted by atomic mass is 19.4. The van der Waals surface area contributed by atoms with Crippen molar-refractivity contribution in [3.05, 3.63) is 89.9 Å². The quantitative estimate of drug-likeness (QED) is 0.243. The first-order valence-electron chi connectivity index (χ1n) is 12.7. The number of aromatic nitrogens is 2. The van der Waals surface area contributed by atoms with E-state index >= 15 is 0 Å². The molecular formula is C30H30F3N3O3. The van der Waals surface area contributed by atoms with Gasteiger partial charge in [-0.15, -0.1) is 0 Å². The highest BCUT2D eigenvalue weighted by molar-refractivity contribution is 5.92. The number of nitrogens with zero attached hydrogens (tertiary/aromatic N) is 2. The number of fused-ring (bicyclic) bond motifs is 1. The summed E-state index contributed by atoms with van der Waals surface area (Å²) in [5.41, 5.74) is 3.05. The second-order valence-corrected chi connectivity index (χ2v) is 9.78. The van der Waals surface area contributed by atoms with Gasteiger partial charge in [-0.1, -0.05) is 38.1 Å². The van der Waals surface area contributed by atoms with Crippen LogP contribution in [0.5, 0.6) is 0 Å². The Balaban J connectivity index is 1.57. The Morgan fingerprint density at radius 3 is 2.33 bits per heavy atom. The van der Waals surface area contributed by atoms with Gasteiger partial charge in [0.2, 0.25) is 0 Å². The number of hydrogen-bond acceptors (Lipinski definition) is 4. The van der Waals surface area contributed by atoms with Gasteiger partial charge in [-0.25, -0.2) is 0 Å². The third-order valence-corrected chi connectivity index (χ3v) is 6.54. The molecule has 39 heavy (non-hydrogen) atoms. The van der Waals surface area contributed by atoms with E-state index in [2.05, 4.69) is 33.5 Å². The average molecular weight is 538 g/mol. The molecule has 1 N–H and O–H groups in total. The van der Waals surface area contributed by atoms with E-state index in [9.17, 15) is 22.8 Å². The van der Waals surface area contributed by atoms with Crippen molar-refractivity contribution < 1.29 is 27.5 Å². The third-order valence-electron chi connectivity index (χ3n) is 6.54. The van der Waals surface area contributed by atoms with E-state index in [1.54, 1.807) is 12.3 Å². The van der Waals surface area contributed by atoms with Crippen LogP contribution in [0.25, 0.3) is 22.0 Å². The first-order chi connectivity index (χ1) is 18.6. The van der Waals surface area contributed by atoms with Crippen LogP contribution in [0.1, 0.15) is 54.3 Å². The number of alkyl halides is 3. The van der Waals surface area contributed by atoms with E-state index in [1.807, 2.05) is 36.5 Å². The molecular weight excluding hydrogens is 507 g/mol. The smallest absolute Gasteiger partial charge is 0.416 e. The van der Waals surface area contributed by atoms with E-state index in [-0.39, 0.29) is 30.6 Å². The maximum absolute atomic E-state index is 12.9. The van der Waals surface area contributed by atoms with Gasteiger partial charge in [0.05, 0.1) is 25.1 Å². The summed E-state index contributed by atoms with van der Waals surface area (Å²) in [6.45, 7) is 4.44. The zero-order valence-corrected chi connectivity index (χ0v) is 22.0. The van der Waals surface area contributed by atoms with Crippen molar-refractivity contribution in [2.75, 3.05) is 13.7 Å². The Morgan fingerprint density at radius 1 is 1.00 bits per heavy atom. The van der Waals surface area contributed by atoms with Crippen LogP contribution in [0.15, 0.2) is 73.1 Å². The number of amides is 1. The Bertz CT molecular complexity index is 1440. The largest absolute Gasteiger partial charge is 0.469 e. The van der Waals surface area contributed by atoms with Gasteiger partial charge in [0.1, 0.15) is 5.69 Å². The third kappa shape index (κ3) is 6.66. The number of benzene rings is 2. The molecule has 9 heteroatoms. The zero-order valence-electron chi connectivity index (χ0n) is 22.0. The first-order valence-corrected chi connectivity index (χ1v) is 12.7. The van der Waals surface area contributed by atoms with Gasteiger partial charge in [-0.3, -0.25) is 14.6 Å². The standard InChI is InChI=1S/C30H30F3N3O3/c1-19(2)16-27(23-6-10-25(35-18-23)29(38)34-14-12-28(37)39-3)36-15-13-22-17-21(7-11-26(22)36)20-4-8-24(9-5-20)30(31,32)33/h4-11,13,15,17-19,27H,12,14,16H2,1-3H3,(H,34,38). The van der Waals surface area contributed by atoms with Crippen molar-refractivity contribution in [1.29, 1.82) is 0 Å². The second kappa shape index (κ2) is 11.7. The fourth-order valence-electron chi connectivity index (χ4n) is 4.53. The first kappa shape index (κ1) is 27.9. The lowest BCUT2D eigenvalue weighted by atomic mass is 9.97. The van der Waals surface area contributed by atoms with Crippen molar-refractivity contribution in [3.63, 3.8) is 0 Å². The molecule has 2 aromatic heterocycles. The summed E-state index contributed by atoms with van der Waals surface area (Å²) in [6, 6.07) is 16.5. The fourth-order valence-corrected chi connectivity index (χ4v) is 4.53. The Kier molecular flexibility index (Phi) is 8.38. The fraction of sp³-hybridized carbons (Fsp3) is 0.300. The van der Waals surface area contributed by atoms with E-state index in [0.29, 0.717) is 11.5 Å². The molecule has 0 radical (unpaired) electrons. The number of nitrogens with one attached hydrogen (secondary N) is 1. The SMILES string of the molecule is COC(=O)CCNC(=O)c1ccc(C(CC(C)C)n2ccc3cc(-c4ccc(C(F)(F)F)cc4)ccc32)cn1. The minimum absolute atomic E-state index is 0.0386. The predicted octanol–water partition coefficient (Wildman–Crippen LogP) is 6.65. The molecule has 0 aliphatic heterocycles. The molecule has 0 spiro atoms. The molecule has 0 saturated carbocycles. The molecule has 1 atom stereocenters. The lowest BCUT2D eigenvalue weighted by Crippen LogP contribution is -2.27. The lowest BCUT2D eigenvalue weighted by Gasteiger charge is -2.23. The highest BCUT2D eigenvalue weighted by Gasteiger charge is 2.30. The summed E-state index contributed by atoms with van der Waals surface area (Å²) < 4.78 is 45.6. The van der Waals surface area contributed by atoms with Gasteiger partial charge >= 0.3 is 12.1 Å². The molecule has 1 unspecified atom stereocenters. The number of rotatable bonds is 9. The van der Waals surface area contributed by atoms with Crippen LogP contribution in [0, 0.1) is 5.92 Å². The van der Waals surface area contributed by atoms with Gasteiger partial charge in [0.15, 0.2) is 0 Å². The summed E-state index contributed by atoms with van der Waals surface area (Å²) >= 11 is 0. The van der Waals surface area contributed by atoms with Crippen LogP contribution in [0.4, 0.5) is 13.2 Å². The number of ether oxygens (including phenoxy) is 1. The van der Waals surface area contributed by atoms with Crippen molar-refractivity contribution in [2.45, 2.75) is 38.9 Å². The van der Waals surface area contributed by atoms with Crippen molar-refractivity contribution >= 4 is 22.8 Å². The number of carbonyl (C=O) groups excluding carboxylic acids is 2. The number of pyridine rings is 1. The molecule has 0 aliphatic carbocycles. The molecule has 4 rings (SSSR count). The highest BCUT2D eigenvalue weighted by Crippen LogP contribution is 2.34. The molecule has 204 valence electrons. The van der Waals surface area contributed by atoms with Crippen LogP contribution < -0.4 is 5.32 Å². The van der Waals surface area contributed by atoms with Gasteiger partial charge in [0.25, 0.3) is 5.91 Å². The van der Waals surface area contributed by atoms with Crippen LogP contribution in [0.2, 0.25) is 0 Å². The summed E-state index contributed by atoms with van der Waals surface area (Å²) in [5, 5.41) is 3.63. The molecule has 6 nitrogen and oxygen atoms in total. The summed E-state index contributed by atoms with van der Waals surface area (Å²) in [6.07, 6.45) is 0.244. The molecule has 4 aromatic rings. The van der Waals surface area contributed by atoms with Crippen LogP contribution in [-0.2, 0) is 15.7 Å². The number of carbonyl (C=O) groups is 2. The van der Waals surface area contributed by atoms with Gasteiger partial charge in [-0.2, -0.15) is 13.2 Å². The average Bonchev–Trinajstić information content (AvgIpc) is 3.34. The number of methoxy groups -OCH3 is 1.